The lowest BCUT2D eigenvalue weighted by molar-refractivity contribution is 1.76. The maximum atomic E-state index is 6.40. The van der Waals surface area contributed by atoms with Gasteiger partial charge in [-0.25, -0.2) is 0 Å². The van der Waals surface area contributed by atoms with Crippen molar-refractivity contribution in [3.05, 3.63) is 60.7 Å². The van der Waals surface area contributed by atoms with Gasteiger partial charge in [-0.15, -0.1) is 0 Å². The monoisotopic (exact) mass is 231 g/mol. The molecule has 3 radical (unpaired) electrons. The number of hydrogen-bond donors (Lipinski definition) is 0. The van der Waals surface area contributed by atoms with E-state index in [9.17, 15) is 0 Å². The highest BCUT2D eigenvalue weighted by Gasteiger charge is 2.08. The molecule has 0 unspecified atom stereocenters. The molecule has 2 rings (SSSR count). The van der Waals surface area contributed by atoms with Crippen molar-refractivity contribution in [2.75, 3.05) is 0 Å². The van der Waals surface area contributed by atoms with Crippen LogP contribution in [0.2, 0.25) is 0 Å². The molecular formula is C12H10BClP. The minimum atomic E-state index is -0.699. The Labute approximate surface area is 98.4 Å². The summed E-state index contributed by atoms with van der Waals surface area (Å²) in [6.45, 7) is 0. The SMILES string of the molecule is ClP(c1ccccc1)c1ccccc1.[B]. The van der Waals surface area contributed by atoms with Crippen molar-refractivity contribution in [2.45, 2.75) is 0 Å². The zero-order valence-corrected chi connectivity index (χ0v) is 9.83. The Hall–Kier alpha value is -0.775. The van der Waals surface area contributed by atoms with Gasteiger partial charge in [-0.1, -0.05) is 71.9 Å². The lowest BCUT2D eigenvalue weighted by atomic mass is 10.4. The quantitative estimate of drug-likeness (QED) is 0.551. The fourth-order valence-corrected chi connectivity index (χ4v) is 3.11. The highest BCUT2D eigenvalue weighted by molar-refractivity contribution is 7.95. The fourth-order valence-electron chi connectivity index (χ4n) is 1.27. The van der Waals surface area contributed by atoms with Crippen LogP contribution < -0.4 is 10.6 Å². The summed E-state index contributed by atoms with van der Waals surface area (Å²) in [5.74, 6) is 0. The number of benzene rings is 2. The Morgan fingerprint density at radius 2 is 1.00 bits per heavy atom. The molecule has 0 aliphatic carbocycles. The van der Waals surface area contributed by atoms with E-state index in [0.717, 1.165) is 0 Å². The van der Waals surface area contributed by atoms with Gasteiger partial charge in [-0.2, -0.15) is 0 Å². The van der Waals surface area contributed by atoms with Crippen LogP contribution >= 0.6 is 18.5 Å². The summed E-state index contributed by atoms with van der Waals surface area (Å²) in [7, 11) is -0.699. The van der Waals surface area contributed by atoms with E-state index in [2.05, 4.69) is 24.3 Å². The first-order valence-electron chi connectivity index (χ1n) is 4.44. The molecule has 0 saturated heterocycles. The zero-order valence-electron chi connectivity index (χ0n) is 8.18. The molecule has 0 amide bonds. The third-order valence-electron chi connectivity index (χ3n) is 1.97. The Balaban J connectivity index is 0.00000112. The molecule has 0 atom stereocenters. The van der Waals surface area contributed by atoms with Crippen LogP contribution in [0.1, 0.15) is 0 Å². The van der Waals surface area contributed by atoms with E-state index in [1.54, 1.807) is 0 Å². The van der Waals surface area contributed by atoms with Gasteiger partial charge in [0.2, 0.25) is 0 Å². The van der Waals surface area contributed by atoms with Crippen molar-refractivity contribution in [1.82, 2.24) is 0 Å². The van der Waals surface area contributed by atoms with E-state index in [0.29, 0.717) is 0 Å². The Morgan fingerprint density at radius 1 is 0.667 bits per heavy atom. The average molecular weight is 231 g/mol. The predicted molar refractivity (Wildman–Crippen MR) is 70.7 cm³/mol. The second kappa shape index (κ2) is 5.95. The predicted octanol–water partition coefficient (Wildman–Crippen LogP) is 2.89. The molecule has 2 aromatic carbocycles. The average Bonchev–Trinajstić information content (AvgIpc) is 2.30. The van der Waals surface area contributed by atoms with Gasteiger partial charge in [0.1, 0.15) is 0 Å². The molecule has 2 aromatic rings. The highest BCUT2D eigenvalue weighted by atomic mass is 35.7. The standard InChI is InChI=1S/C12H10ClP.B/c13-14(11-7-3-1-4-8-11)12-9-5-2-6-10-12;/h1-10H;. The molecule has 0 N–H and O–H groups in total. The van der Waals surface area contributed by atoms with Crippen molar-refractivity contribution >= 4 is 37.5 Å². The van der Waals surface area contributed by atoms with E-state index < -0.39 is 7.27 Å². The summed E-state index contributed by atoms with van der Waals surface area (Å²) in [4.78, 5) is 0. The van der Waals surface area contributed by atoms with E-state index >= 15 is 0 Å². The van der Waals surface area contributed by atoms with Gasteiger partial charge in [0.25, 0.3) is 0 Å². The summed E-state index contributed by atoms with van der Waals surface area (Å²) in [5, 5.41) is 2.41. The van der Waals surface area contributed by atoms with Crippen LogP contribution in [0.3, 0.4) is 0 Å². The zero-order chi connectivity index (χ0) is 9.80. The maximum absolute atomic E-state index is 6.40. The molecule has 0 spiro atoms. The van der Waals surface area contributed by atoms with Gasteiger partial charge in [-0.05, 0) is 10.6 Å². The third-order valence-corrected chi connectivity index (χ3v) is 4.64. The van der Waals surface area contributed by atoms with Crippen LogP contribution in [0, 0.1) is 0 Å². The summed E-state index contributed by atoms with van der Waals surface area (Å²) in [6, 6.07) is 20.4. The molecule has 0 bridgehead atoms. The van der Waals surface area contributed by atoms with Crippen molar-refractivity contribution in [1.29, 1.82) is 0 Å². The molecule has 0 aromatic heterocycles. The lowest BCUT2D eigenvalue weighted by Gasteiger charge is -2.09. The lowest BCUT2D eigenvalue weighted by Crippen LogP contribution is -2.06. The van der Waals surface area contributed by atoms with Crippen molar-refractivity contribution < 1.29 is 0 Å². The third kappa shape index (κ3) is 3.09. The molecule has 0 fully saturated rings. The largest absolute Gasteiger partial charge is 0.0859 e. The Morgan fingerprint density at radius 3 is 1.33 bits per heavy atom. The van der Waals surface area contributed by atoms with Crippen LogP contribution in [0.25, 0.3) is 0 Å². The second-order valence-corrected chi connectivity index (χ2v) is 5.56. The topological polar surface area (TPSA) is 0 Å². The number of halogens is 1. The molecule has 0 aliphatic heterocycles. The van der Waals surface area contributed by atoms with Gasteiger partial charge in [0.15, 0.2) is 0 Å². The number of rotatable bonds is 2. The van der Waals surface area contributed by atoms with Crippen molar-refractivity contribution in [2.24, 2.45) is 0 Å². The van der Waals surface area contributed by atoms with Gasteiger partial charge < -0.3 is 0 Å². The van der Waals surface area contributed by atoms with Gasteiger partial charge in [0.05, 0.1) is 7.27 Å². The van der Waals surface area contributed by atoms with Gasteiger partial charge >= 0.3 is 0 Å². The van der Waals surface area contributed by atoms with E-state index in [1.807, 2.05) is 36.4 Å². The van der Waals surface area contributed by atoms with Crippen molar-refractivity contribution in [3.8, 4) is 0 Å². The highest BCUT2D eigenvalue weighted by Crippen LogP contribution is 2.38. The van der Waals surface area contributed by atoms with E-state index in [1.165, 1.54) is 10.6 Å². The fraction of sp³-hybridized carbons (Fsp3) is 0. The molecule has 0 aliphatic rings. The minimum Gasteiger partial charge on any atom is -0.0859 e. The molecule has 73 valence electrons. The second-order valence-electron chi connectivity index (χ2n) is 2.95. The summed E-state index contributed by atoms with van der Waals surface area (Å²) < 4.78 is 0. The van der Waals surface area contributed by atoms with Crippen LogP contribution in [0.15, 0.2) is 60.7 Å². The first kappa shape index (κ1) is 12.3. The molecule has 0 heterocycles. The first-order chi connectivity index (χ1) is 6.88. The molecule has 3 heteroatoms. The smallest absolute Gasteiger partial charge is 0.0524 e. The first-order valence-corrected chi connectivity index (χ1v) is 6.68. The van der Waals surface area contributed by atoms with Gasteiger partial charge in [0, 0.05) is 8.41 Å². The maximum Gasteiger partial charge on any atom is 0.0524 e. The summed E-state index contributed by atoms with van der Waals surface area (Å²) in [6.07, 6.45) is 0. The molecule has 0 nitrogen and oxygen atoms in total. The molecule has 0 saturated carbocycles. The molecular weight excluding hydrogens is 221 g/mol. The van der Waals surface area contributed by atoms with Crippen LogP contribution in [-0.2, 0) is 0 Å². The Bertz CT molecular complexity index is 351. The van der Waals surface area contributed by atoms with Crippen LogP contribution in [-0.4, -0.2) is 8.41 Å². The van der Waals surface area contributed by atoms with E-state index in [-0.39, 0.29) is 8.41 Å². The molecule has 15 heavy (non-hydrogen) atoms. The van der Waals surface area contributed by atoms with E-state index in [4.69, 9.17) is 11.2 Å². The summed E-state index contributed by atoms with van der Waals surface area (Å²) in [5.41, 5.74) is 0. The minimum absolute atomic E-state index is 0. The summed E-state index contributed by atoms with van der Waals surface area (Å²) >= 11 is 6.40. The number of hydrogen-bond acceptors (Lipinski definition) is 0. The van der Waals surface area contributed by atoms with Crippen LogP contribution in [0.5, 0.6) is 0 Å². The Kier molecular flexibility index (Phi) is 4.88. The van der Waals surface area contributed by atoms with Gasteiger partial charge in [-0.3, -0.25) is 0 Å². The van der Waals surface area contributed by atoms with Crippen molar-refractivity contribution in [3.63, 3.8) is 0 Å². The normalized spacial score (nSPS) is 9.73. The van der Waals surface area contributed by atoms with Crippen LogP contribution in [0.4, 0.5) is 0 Å².